The van der Waals surface area contributed by atoms with Crippen molar-refractivity contribution in [2.24, 2.45) is 0 Å². The second kappa shape index (κ2) is 4.73. The van der Waals surface area contributed by atoms with Crippen LogP contribution in [0.1, 0.15) is 18.4 Å². The highest BCUT2D eigenvalue weighted by Gasteiger charge is 2.20. The van der Waals surface area contributed by atoms with Gasteiger partial charge >= 0.3 is 0 Å². The van der Waals surface area contributed by atoms with E-state index < -0.39 is 0 Å². The van der Waals surface area contributed by atoms with Gasteiger partial charge in [-0.15, -0.1) is 0 Å². The van der Waals surface area contributed by atoms with Crippen LogP contribution in [0, 0.1) is 5.82 Å². The van der Waals surface area contributed by atoms with Gasteiger partial charge in [-0.2, -0.15) is 0 Å². The summed E-state index contributed by atoms with van der Waals surface area (Å²) in [5.41, 5.74) is 0.995. The molecule has 1 aliphatic heterocycles. The van der Waals surface area contributed by atoms with Crippen LogP contribution in [-0.2, 0) is 6.42 Å². The zero-order chi connectivity index (χ0) is 10.7. The largest absolute Gasteiger partial charge is 0.378 e. The fourth-order valence-electron chi connectivity index (χ4n) is 2.03. The Kier molecular flexibility index (Phi) is 3.34. The van der Waals surface area contributed by atoms with Crippen LogP contribution < -0.4 is 0 Å². The SMILES string of the molecule is OC1CCCN1CCc1cccc(F)c1. The Morgan fingerprint density at radius 2 is 2.33 bits per heavy atom. The van der Waals surface area contributed by atoms with E-state index in [1.807, 2.05) is 11.0 Å². The molecule has 0 aromatic heterocycles. The molecule has 1 aliphatic rings. The molecule has 0 bridgehead atoms. The molecule has 1 fully saturated rings. The monoisotopic (exact) mass is 209 g/mol. The van der Waals surface area contributed by atoms with Crippen molar-refractivity contribution in [3.8, 4) is 0 Å². The maximum absolute atomic E-state index is 12.9. The molecule has 15 heavy (non-hydrogen) atoms. The zero-order valence-corrected chi connectivity index (χ0v) is 8.69. The highest BCUT2D eigenvalue weighted by atomic mass is 19.1. The van der Waals surface area contributed by atoms with Crippen molar-refractivity contribution in [1.82, 2.24) is 4.90 Å². The van der Waals surface area contributed by atoms with Gasteiger partial charge in [0.1, 0.15) is 12.0 Å². The van der Waals surface area contributed by atoms with E-state index >= 15 is 0 Å². The molecule has 1 aromatic rings. The van der Waals surface area contributed by atoms with E-state index in [2.05, 4.69) is 0 Å². The van der Waals surface area contributed by atoms with Crippen molar-refractivity contribution < 1.29 is 9.50 Å². The lowest BCUT2D eigenvalue weighted by Gasteiger charge is -2.19. The lowest BCUT2D eigenvalue weighted by atomic mass is 10.1. The van der Waals surface area contributed by atoms with E-state index in [1.165, 1.54) is 6.07 Å². The van der Waals surface area contributed by atoms with Crippen molar-refractivity contribution in [1.29, 1.82) is 0 Å². The van der Waals surface area contributed by atoms with Gasteiger partial charge in [0.2, 0.25) is 0 Å². The van der Waals surface area contributed by atoms with Crippen LogP contribution in [-0.4, -0.2) is 29.3 Å². The third kappa shape index (κ3) is 2.76. The van der Waals surface area contributed by atoms with Crippen molar-refractivity contribution in [3.63, 3.8) is 0 Å². The smallest absolute Gasteiger partial charge is 0.123 e. The summed E-state index contributed by atoms with van der Waals surface area (Å²) in [6, 6.07) is 6.66. The van der Waals surface area contributed by atoms with Crippen molar-refractivity contribution in [3.05, 3.63) is 35.6 Å². The fourth-order valence-corrected chi connectivity index (χ4v) is 2.03. The fraction of sp³-hybridized carbons (Fsp3) is 0.500. The average Bonchev–Trinajstić information content (AvgIpc) is 2.61. The standard InChI is InChI=1S/C12H16FNO/c13-11-4-1-3-10(9-11)6-8-14-7-2-5-12(14)15/h1,3-4,9,12,15H,2,5-8H2. The summed E-state index contributed by atoms with van der Waals surface area (Å²) in [4.78, 5) is 2.05. The minimum absolute atomic E-state index is 0.186. The Morgan fingerprint density at radius 3 is 3.00 bits per heavy atom. The van der Waals surface area contributed by atoms with Gasteiger partial charge in [0.05, 0.1) is 0 Å². The topological polar surface area (TPSA) is 23.5 Å². The summed E-state index contributed by atoms with van der Waals surface area (Å²) >= 11 is 0. The van der Waals surface area contributed by atoms with E-state index in [0.717, 1.165) is 37.9 Å². The Bertz CT molecular complexity index is 329. The van der Waals surface area contributed by atoms with Gasteiger partial charge in [0.25, 0.3) is 0 Å². The van der Waals surface area contributed by atoms with Gasteiger partial charge in [-0.1, -0.05) is 12.1 Å². The molecule has 1 heterocycles. The number of hydrogen-bond donors (Lipinski definition) is 1. The summed E-state index contributed by atoms with van der Waals surface area (Å²) in [5, 5.41) is 9.57. The molecule has 1 N–H and O–H groups in total. The lowest BCUT2D eigenvalue weighted by Crippen LogP contribution is -2.30. The normalized spacial score (nSPS) is 22.1. The molecule has 1 atom stereocenters. The first kappa shape index (κ1) is 10.6. The zero-order valence-electron chi connectivity index (χ0n) is 8.69. The summed E-state index contributed by atoms with van der Waals surface area (Å²) in [5.74, 6) is -0.186. The van der Waals surface area contributed by atoms with E-state index in [4.69, 9.17) is 0 Å². The minimum atomic E-state index is -0.293. The number of aliphatic hydroxyl groups excluding tert-OH is 1. The number of halogens is 1. The Hall–Kier alpha value is -0.930. The lowest BCUT2D eigenvalue weighted by molar-refractivity contribution is 0.0392. The maximum atomic E-state index is 12.9. The second-order valence-electron chi connectivity index (χ2n) is 4.04. The molecular formula is C12H16FNO. The number of nitrogens with zero attached hydrogens (tertiary/aromatic N) is 1. The van der Waals surface area contributed by atoms with Gasteiger partial charge in [-0.3, -0.25) is 4.90 Å². The molecule has 0 radical (unpaired) electrons. The molecule has 0 aliphatic carbocycles. The van der Waals surface area contributed by atoms with E-state index in [0.29, 0.717) is 0 Å². The van der Waals surface area contributed by atoms with E-state index in [1.54, 1.807) is 12.1 Å². The first-order valence-corrected chi connectivity index (χ1v) is 5.42. The quantitative estimate of drug-likeness (QED) is 0.820. The van der Waals surface area contributed by atoms with E-state index in [9.17, 15) is 9.50 Å². The van der Waals surface area contributed by atoms with Crippen molar-refractivity contribution in [2.45, 2.75) is 25.5 Å². The minimum Gasteiger partial charge on any atom is -0.378 e. The van der Waals surface area contributed by atoms with Crippen LogP contribution in [0.15, 0.2) is 24.3 Å². The van der Waals surface area contributed by atoms with Crippen LogP contribution in [0.4, 0.5) is 4.39 Å². The summed E-state index contributed by atoms with van der Waals surface area (Å²) in [7, 11) is 0. The number of likely N-dealkylation sites (tertiary alicyclic amines) is 1. The van der Waals surface area contributed by atoms with Crippen molar-refractivity contribution >= 4 is 0 Å². The average molecular weight is 209 g/mol. The number of aliphatic hydroxyl groups is 1. The third-order valence-corrected chi connectivity index (χ3v) is 2.91. The first-order valence-electron chi connectivity index (χ1n) is 5.42. The molecular weight excluding hydrogens is 193 g/mol. The predicted octanol–water partition coefficient (Wildman–Crippen LogP) is 1.78. The molecule has 3 heteroatoms. The van der Waals surface area contributed by atoms with Gasteiger partial charge in [0.15, 0.2) is 0 Å². The Morgan fingerprint density at radius 1 is 1.47 bits per heavy atom. The summed E-state index contributed by atoms with van der Waals surface area (Å²) in [6.07, 6.45) is 2.43. The first-order chi connectivity index (χ1) is 7.25. The van der Waals surface area contributed by atoms with Crippen LogP contribution in [0.5, 0.6) is 0 Å². The van der Waals surface area contributed by atoms with E-state index in [-0.39, 0.29) is 12.0 Å². The molecule has 0 amide bonds. The Balaban J connectivity index is 1.87. The molecule has 0 saturated carbocycles. The van der Waals surface area contributed by atoms with Gasteiger partial charge in [-0.05, 0) is 37.0 Å². The number of rotatable bonds is 3. The second-order valence-corrected chi connectivity index (χ2v) is 4.04. The highest BCUT2D eigenvalue weighted by Crippen LogP contribution is 2.15. The Labute approximate surface area is 89.3 Å². The molecule has 1 unspecified atom stereocenters. The van der Waals surface area contributed by atoms with Crippen LogP contribution in [0.2, 0.25) is 0 Å². The highest BCUT2D eigenvalue weighted by molar-refractivity contribution is 5.16. The maximum Gasteiger partial charge on any atom is 0.123 e. The molecule has 82 valence electrons. The van der Waals surface area contributed by atoms with Crippen LogP contribution >= 0.6 is 0 Å². The molecule has 1 saturated heterocycles. The van der Waals surface area contributed by atoms with Gasteiger partial charge < -0.3 is 5.11 Å². The molecule has 2 nitrogen and oxygen atoms in total. The molecule has 1 aromatic carbocycles. The van der Waals surface area contributed by atoms with Crippen molar-refractivity contribution in [2.75, 3.05) is 13.1 Å². The molecule has 2 rings (SSSR count). The summed E-state index contributed by atoms with van der Waals surface area (Å²) < 4.78 is 12.9. The van der Waals surface area contributed by atoms with Crippen LogP contribution in [0.3, 0.4) is 0 Å². The predicted molar refractivity (Wildman–Crippen MR) is 56.9 cm³/mol. The van der Waals surface area contributed by atoms with Gasteiger partial charge in [0, 0.05) is 13.1 Å². The number of hydrogen-bond acceptors (Lipinski definition) is 2. The van der Waals surface area contributed by atoms with Gasteiger partial charge in [-0.25, -0.2) is 4.39 Å². The number of benzene rings is 1. The summed E-state index contributed by atoms with van der Waals surface area (Å²) in [6.45, 7) is 1.76. The molecule has 0 spiro atoms. The third-order valence-electron chi connectivity index (χ3n) is 2.91. The van der Waals surface area contributed by atoms with Crippen LogP contribution in [0.25, 0.3) is 0 Å².